The van der Waals surface area contributed by atoms with Gasteiger partial charge in [-0.05, 0) is 30.5 Å². The van der Waals surface area contributed by atoms with Crippen molar-refractivity contribution in [3.63, 3.8) is 0 Å². The van der Waals surface area contributed by atoms with Crippen LogP contribution in [0.25, 0.3) is 0 Å². The zero-order chi connectivity index (χ0) is 11.7. The van der Waals surface area contributed by atoms with Crippen molar-refractivity contribution in [2.45, 2.75) is 25.8 Å². The highest BCUT2D eigenvalue weighted by atomic mass is 32.1. The van der Waals surface area contributed by atoms with E-state index >= 15 is 0 Å². The van der Waals surface area contributed by atoms with Crippen LogP contribution in [0.2, 0.25) is 0 Å². The summed E-state index contributed by atoms with van der Waals surface area (Å²) in [6.07, 6.45) is 2.34. The summed E-state index contributed by atoms with van der Waals surface area (Å²) in [4.78, 5) is 0.232. The summed E-state index contributed by atoms with van der Waals surface area (Å²) in [5.41, 5.74) is 7.01. The topological polar surface area (TPSA) is 38.0 Å². The molecule has 0 saturated heterocycles. The summed E-state index contributed by atoms with van der Waals surface area (Å²) in [7, 11) is 0. The third-order valence-electron chi connectivity index (χ3n) is 3.03. The molecular weight excluding hydrogens is 223 g/mol. The fraction of sp³-hybridized carbons (Fsp3) is 0.417. The zero-order valence-corrected chi connectivity index (χ0v) is 9.98. The molecule has 1 saturated carbocycles. The highest BCUT2D eigenvalue weighted by Crippen LogP contribution is 2.36. The fourth-order valence-electron chi connectivity index (χ4n) is 1.92. The first kappa shape index (κ1) is 11.3. The lowest BCUT2D eigenvalue weighted by molar-refractivity contribution is 0.627. The first-order valence-electron chi connectivity index (χ1n) is 5.47. The molecule has 0 aromatic heterocycles. The van der Waals surface area contributed by atoms with Gasteiger partial charge in [-0.25, -0.2) is 4.39 Å². The van der Waals surface area contributed by atoms with Crippen molar-refractivity contribution in [2.24, 2.45) is 11.7 Å². The lowest BCUT2D eigenvalue weighted by atomic mass is 10.1. The van der Waals surface area contributed by atoms with Crippen LogP contribution in [0.4, 0.5) is 10.1 Å². The highest BCUT2D eigenvalue weighted by Gasteiger charge is 2.35. The van der Waals surface area contributed by atoms with E-state index in [9.17, 15) is 4.39 Å². The maximum absolute atomic E-state index is 13.1. The number of hydrogen-bond acceptors (Lipinski definition) is 2. The molecule has 0 aliphatic heterocycles. The minimum atomic E-state index is -0.309. The average Bonchev–Trinajstić information content (AvgIpc) is 2.99. The van der Waals surface area contributed by atoms with Crippen LogP contribution in [0.5, 0.6) is 0 Å². The van der Waals surface area contributed by atoms with Crippen molar-refractivity contribution in [3.8, 4) is 0 Å². The Labute approximate surface area is 100 Å². The molecule has 86 valence electrons. The second kappa shape index (κ2) is 4.37. The Morgan fingerprint density at radius 2 is 2.38 bits per heavy atom. The van der Waals surface area contributed by atoms with E-state index in [1.807, 2.05) is 0 Å². The maximum atomic E-state index is 13.1. The summed E-state index contributed by atoms with van der Waals surface area (Å²) in [6.45, 7) is 2.17. The molecule has 1 aliphatic rings. The maximum Gasteiger partial charge on any atom is 0.124 e. The molecule has 1 aromatic carbocycles. The van der Waals surface area contributed by atoms with E-state index in [0.29, 0.717) is 11.6 Å². The summed E-state index contributed by atoms with van der Waals surface area (Å²) < 4.78 is 13.1. The fourth-order valence-corrected chi connectivity index (χ4v) is 2.09. The predicted molar refractivity (Wildman–Crippen MR) is 68.1 cm³/mol. The largest absolute Gasteiger partial charge is 0.389 e. The smallest absolute Gasteiger partial charge is 0.124 e. The van der Waals surface area contributed by atoms with Gasteiger partial charge in [0.2, 0.25) is 0 Å². The molecule has 1 fully saturated rings. The Kier molecular flexibility index (Phi) is 3.10. The van der Waals surface area contributed by atoms with Crippen molar-refractivity contribution in [1.82, 2.24) is 0 Å². The number of nitrogens with two attached hydrogens (primary N) is 1. The number of thiocarbonyl (C=S) groups is 1. The van der Waals surface area contributed by atoms with Crippen LogP contribution >= 0.6 is 12.2 Å². The molecule has 1 aliphatic carbocycles. The van der Waals surface area contributed by atoms with Crippen LogP contribution in [0.15, 0.2) is 18.2 Å². The van der Waals surface area contributed by atoms with E-state index in [-0.39, 0.29) is 10.8 Å². The van der Waals surface area contributed by atoms with Crippen LogP contribution in [0.3, 0.4) is 0 Å². The van der Waals surface area contributed by atoms with Gasteiger partial charge in [0.25, 0.3) is 0 Å². The van der Waals surface area contributed by atoms with Gasteiger partial charge in [-0.2, -0.15) is 0 Å². The van der Waals surface area contributed by atoms with E-state index in [4.69, 9.17) is 18.0 Å². The van der Waals surface area contributed by atoms with Gasteiger partial charge in [-0.3, -0.25) is 0 Å². The van der Waals surface area contributed by atoms with E-state index in [1.165, 1.54) is 25.0 Å². The first-order chi connectivity index (χ1) is 7.61. The van der Waals surface area contributed by atoms with Gasteiger partial charge >= 0.3 is 0 Å². The molecule has 0 bridgehead atoms. The lowest BCUT2D eigenvalue weighted by Gasteiger charge is -2.11. The molecule has 2 nitrogen and oxygen atoms in total. The van der Waals surface area contributed by atoms with E-state index in [1.54, 1.807) is 6.07 Å². The van der Waals surface area contributed by atoms with Crippen molar-refractivity contribution in [2.75, 3.05) is 5.32 Å². The quantitative estimate of drug-likeness (QED) is 0.792. The zero-order valence-electron chi connectivity index (χ0n) is 9.16. The van der Waals surface area contributed by atoms with Gasteiger partial charge < -0.3 is 11.1 Å². The third kappa shape index (κ3) is 2.32. The molecule has 16 heavy (non-hydrogen) atoms. The number of hydrogen-bond donors (Lipinski definition) is 2. The summed E-state index contributed by atoms with van der Waals surface area (Å²) >= 11 is 4.91. The number of anilines is 1. The van der Waals surface area contributed by atoms with Gasteiger partial charge in [0.1, 0.15) is 10.8 Å². The van der Waals surface area contributed by atoms with Gasteiger partial charge in [-0.1, -0.05) is 25.6 Å². The summed E-state index contributed by atoms with van der Waals surface area (Å²) in [6, 6.07) is 5.00. The van der Waals surface area contributed by atoms with Crippen LogP contribution in [-0.4, -0.2) is 11.0 Å². The van der Waals surface area contributed by atoms with Crippen molar-refractivity contribution < 1.29 is 4.39 Å². The van der Waals surface area contributed by atoms with Crippen molar-refractivity contribution >= 4 is 22.9 Å². The van der Waals surface area contributed by atoms with E-state index in [0.717, 1.165) is 11.6 Å². The Bertz CT molecular complexity index is 419. The molecule has 2 rings (SSSR count). The van der Waals surface area contributed by atoms with Gasteiger partial charge in [-0.15, -0.1) is 0 Å². The van der Waals surface area contributed by atoms with Crippen LogP contribution in [0, 0.1) is 11.7 Å². The third-order valence-corrected chi connectivity index (χ3v) is 3.25. The Morgan fingerprint density at radius 1 is 1.62 bits per heavy atom. The monoisotopic (exact) mass is 238 g/mol. The molecule has 3 N–H and O–H groups in total. The van der Waals surface area contributed by atoms with E-state index in [2.05, 4.69) is 12.2 Å². The van der Waals surface area contributed by atoms with Gasteiger partial charge in [0, 0.05) is 17.3 Å². The molecule has 1 aromatic rings. The normalized spacial score (nSPS) is 22.9. The van der Waals surface area contributed by atoms with E-state index < -0.39 is 0 Å². The Hall–Kier alpha value is -1.16. The number of nitrogens with one attached hydrogen (secondary N) is 1. The lowest BCUT2D eigenvalue weighted by Crippen LogP contribution is -2.15. The molecular formula is C12H15FN2S. The molecule has 4 heteroatoms. The minimum Gasteiger partial charge on any atom is -0.389 e. The SMILES string of the molecule is CCC1CC1Nc1ccc(F)cc1C(N)=S. The van der Waals surface area contributed by atoms with Crippen LogP contribution in [-0.2, 0) is 0 Å². The number of halogens is 1. The van der Waals surface area contributed by atoms with Crippen molar-refractivity contribution in [3.05, 3.63) is 29.6 Å². The van der Waals surface area contributed by atoms with Crippen molar-refractivity contribution in [1.29, 1.82) is 0 Å². The number of benzene rings is 1. The molecule has 2 atom stereocenters. The predicted octanol–water partition coefficient (Wildman–Crippen LogP) is 2.67. The molecule has 0 spiro atoms. The summed E-state index contributed by atoms with van der Waals surface area (Å²) in [5, 5.41) is 3.36. The molecule has 0 radical (unpaired) electrons. The Morgan fingerprint density at radius 3 is 2.94 bits per heavy atom. The van der Waals surface area contributed by atoms with Crippen LogP contribution < -0.4 is 11.1 Å². The van der Waals surface area contributed by atoms with Gasteiger partial charge in [0.05, 0.1) is 0 Å². The molecule has 0 amide bonds. The summed E-state index contributed by atoms with van der Waals surface area (Å²) in [5.74, 6) is 0.417. The number of rotatable bonds is 4. The molecule has 0 heterocycles. The van der Waals surface area contributed by atoms with Crippen LogP contribution in [0.1, 0.15) is 25.3 Å². The highest BCUT2D eigenvalue weighted by molar-refractivity contribution is 7.80. The second-order valence-electron chi connectivity index (χ2n) is 4.21. The van der Waals surface area contributed by atoms with Gasteiger partial charge in [0.15, 0.2) is 0 Å². The second-order valence-corrected chi connectivity index (χ2v) is 4.65. The standard InChI is InChI=1S/C12H15FN2S/c1-2-7-5-11(7)15-10-4-3-8(13)6-9(10)12(14)16/h3-4,6-7,11,15H,2,5H2,1H3,(H2,14,16). The Balaban J connectivity index is 2.17. The minimum absolute atomic E-state index is 0.232. The first-order valence-corrected chi connectivity index (χ1v) is 5.88. The molecule has 2 unspecified atom stereocenters. The average molecular weight is 238 g/mol.